The van der Waals surface area contributed by atoms with Crippen LogP contribution in [0.3, 0.4) is 0 Å². The van der Waals surface area contributed by atoms with Crippen LogP contribution in [0, 0.1) is 23.2 Å². The summed E-state index contributed by atoms with van der Waals surface area (Å²) in [7, 11) is 0. The van der Waals surface area contributed by atoms with Crippen LogP contribution in [0.1, 0.15) is 56.6 Å². The minimum absolute atomic E-state index is 0.0626. The molecule has 150 valence electrons. The van der Waals surface area contributed by atoms with Gasteiger partial charge in [0.2, 0.25) is 17.7 Å². The molecule has 1 aromatic rings. The van der Waals surface area contributed by atoms with E-state index in [1.165, 1.54) is 19.3 Å². The van der Waals surface area contributed by atoms with E-state index in [2.05, 4.69) is 10.6 Å². The Labute approximate surface area is 165 Å². The third-order valence-corrected chi connectivity index (χ3v) is 6.87. The second kappa shape index (κ2) is 7.57. The number of carbonyl (C=O) groups is 3. The van der Waals surface area contributed by atoms with E-state index in [4.69, 9.17) is 5.73 Å². The highest BCUT2D eigenvalue weighted by Gasteiger charge is 2.51. The summed E-state index contributed by atoms with van der Waals surface area (Å²) >= 11 is 0. The van der Waals surface area contributed by atoms with Crippen molar-refractivity contribution in [2.45, 2.75) is 51.0 Å². The summed E-state index contributed by atoms with van der Waals surface area (Å²) in [5, 5.41) is 5.37. The number of primary amides is 1. The molecule has 1 unspecified atom stereocenters. The van der Waals surface area contributed by atoms with Gasteiger partial charge in [0.1, 0.15) is 6.04 Å². The zero-order valence-electron chi connectivity index (χ0n) is 16.2. The molecular weight excluding hydrogens is 354 g/mol. The minimum atomic E-state index is -0.895. The highest BCUT2D eigenvalue weighted by molar-refractivity contribution is 5.90. The number of hydrogen-bond donors (Lipinski definition) is 3. The average Bonchev–Trinajstić information content (AvgIpc) is 2.63. The Morgan fingerprint density at radius 2 is 1.54 bits per heavy atom. The number of amides is 3. The number of carbonyl (C=O) groups excluding carboxylic acids is 3. The van der Waals surface area contributed by atoms with E-state index in [1.807, 2.05) is 6.07 Å². The van der Waals surface area contributed by atoms with Gasteiger partial charge in [0, 0.05) is 6.42 Å². The fourth-order valence-corrected chi connectivity index (χ4v) is 6.26. The van der Waals surface area contributed by atoms with Crippen LogP contribution in [0.25, 0.3) is 0 Å². The number of hydrogen-bond acceptors (Lipinski definition) is 3. The predicted molar refractivity (Wildman–Crippen MR) is 105 cm³/mol. The van der Waals surface area contributed by atoms with E-state index in [9.17, 15) is 14.4 Å². The predicted octanol–water partition coefficient (Wildman–Crippen LogP) is 2.05. The van der Waals surface area contributed by atoms with Crippen LogP contribution in [0.4, 0.5) is 0 Å². The van der Waals surface area contributed by atoms with Crippen molar-refractivity contribution in [1.82, 2.24) is 10.6 Å². The van der Waals surface area contributed by atoms with Crippen molar-refractivity contribution in [3.63, 3.8) is 0 Å². The van der Waals surface area contributed by atoms with Crippen molar-refractivity contribution in [2.75, 3.05) is 6.54 Å². The Morgan fingerprint density at radius 1 is 0.964 bits per heavy atom. The molecule has 3 amide bonds. The van der Waals surface area contributed by atoms with Crippen molar-refractivity contribution < 1.29 is 14.4 Å². The topological polar surface area (TPSA) is 101 Å². The number of nitrogens with two attached hydrogens (primary N) is 1. The number of rotatable bonds is 7. The van der Waals surface area contributed by atoms with Crippen LogP contribution in [0.5, 0.6) is 0 Å². The van der Waals surface area contributed by atoms with E-state index in [1.54, 1.807) is 24.3 Å². The van der Waals surface area contributed by atoms with Gasteiger partial charge in [0.05, 0.1) is 6.54 Å². The monoisotopic (exact) mass is 383 g/mol. The molecule has 0 heterocycles. The lowest BCUT2D eigenvalue weighted by Gasteiger charge is -2.56. The molecular formula is C22H29N3O3. The summed E-state index contributed by atoms with van der Waals surface area (Å²) in [6, 6.07) is 7.97. The van der Waals surface area contributed by atoms with E-state index < -0.39 is 17.9 Å². The molecule has 4 fully saturated rings. The lowest BCUT2D eigenvalue weighted by Crippen LogP contribution is -2.49. The first-order valence-electron chi connectivity index (χ1n) is 10.3. The van der Waals surface area contributed by atoms with Crippen LogP contribution in [-0.4, -0.2) is 24.3 Å². The van der Waals surface area contributed by atoms with Crippen molar-refractivity contribution in [3.05, 3.63) is 35.9 Å². The zero-order chi connectivity index (χ0) is 19.7. The molecule has 6 heteroatoms. The molecule has 1 atom stereocenters. The van der Waals surface area contributed by atoms with Crippen molar-refractivity contribution in [2.24, 2.45) is 28.9 Å². The van der Waals surface area contributed by atoms with E-state index in [0.29, 0.717) is 12.0 Å². The summed E-state index contributed by atoms with van der Waals surface area (Å²) in [5.74, 6) is 1.29. The minimum Gasteiger partial charge on any atom is -0.368 e. The normalized spacial score (nSPS) is 31.2. The summed E-state index contributed by atoms with van der Waals surface area (Å²) < 4.78 is 0. The molecule has 6 nitrogen and oxygen atoms in total. The summed E-state index contributed by atoms with van der Waals surface area (Å²) in [4.78, 5) is 36.5. The fourth-order valence-electron chi connectivity index (χ4n) is 6.26. The van der Waals surface area contributed by atoms with Gasteiger partial charge in [-0.3, -0.25) is 14.4 Å². The molecule has 0 aromatic heterocycles. The van der Waals surface area contributed by atoms with Gasteiger partial charge in [-0.15, -0.1) is 0 Å². The lowest BCUT2D eigenvalue weighted by atomic mass is 9.49. The molecule has 5 rings (SSSR count). The maximum absolute atomic E-state index is 12.5. The number of nitrogens with one attached hydrogen (secondary N) is 2. The van der Waals surface area contributed by atoms with E-state index in [-0.39, 0.29) is 17.9 Å². The average molecular weight is 383 g/mol. The van der Waals surface area contributed by atoms with Gasteiger partial charge in [-0.2, -0.15) is 0 Å². The van der Waals surface area contributed by atoms with Gasteiger partial charge in [0.25, 0.3) is 0 Å². The Bertz CT molecular complexity index is 726. The Hall–Kier alpha value is -2.37. The van der Waals surface area contributed by atoms with Crippen molar-refractivity contribution >= 4 is 17.7 Å². The summed E-state index contributed by atoms with van der Waals surface area (Å²) in [6.45, 7) is -0.137. The van der Waals surface area contributed by atoms with E-state index >= 15 is 0 Å². The van der Waals surface area contributed by atoms with Gasteiger partial charge >= 0.3 is 0 Å². The van der Waals surface area contributed by atoms with Crippen molar-refractivity contribution in [3.8, 4) is 0 Å². The fraction of sp³-hybridized carbons (Fsp3) is 0.591. The zero-order valence-corrected chi connectivity index (χ0v) is 16.2. The SMILES string of the molecule is NC(=O)C(NC(=O)CNC(=O)CC12CC3CC(CC(C3)C1)C2)c1ccccc1. The molecule has 0 saturated heterocycles. The van der Waals surface area contributed by atoms with Gasteiger partial charge < -0.3 is 16.4 Å². The lowest BCUT2D eigenvalue weighted by molar-refractivity contribution is -0.132. The molecule has 1 aromatic carbocycles. The van der Waals surface area contributed by atoms with Crippen LogP contribution >= 0.6 is 0 Å². The highest BCUT2D eigenvalue weighted by atomic mass is 16.2. The van der Waals surface area contributed by atoms with Crippen molar-refractivity contribution in [1.29, 1.82) is 0 Å². The Balaban J connectivity index is 1.29. The summed E-state index contributed by atoms with van der Waals surface area (Å²) in [5.41, 5.74) is 6.20. The standard InChI is InChI=1S/C22H29N3O3/c23-21(28)20(17-4-2-1-3-5-17)25-19(27)13-24-18(26)12-22-9-14-6-15(10-22)8-16(7-14)11-22/h1-5,14-16,20H,6-13H2,(H2,23,28)(H,24,26)(H,25,27). The molecule has 0 spiro atoms. The number of benzene rings is 1. The Morgan fingerprint density at radius 3 is 2.07 bits per heavy atom. The second-order valence-corrected chi connectivity index (χ2v) is 9.18. The molecule has 4 saturated carbocycles. The first-order valence-corrected chi connectivity index (χ1v) is 10.3. The molecule has 0 radical (unpaired) electrons. The molecule has 28 heavy (non-hydrogen) atoms. The first-order chi connectivity index (χ1) is 13.4. The molecule has 4 aliphatic carbocycles. The molecule has 0 aliphatic heterocycles. The van der Waals surface area contributed by atoms with Crippen LogP contribution in [0.15, 0.2) is 30.3 Å². The third kappa shape index (κ3) is 4.05. The summed E-state index contributed by atoms with van der Waals surface area (Å²) in [6.07, 6.45) is 8.04. The van der Waals surface area contributed by atoms with Gasteiger partial charge in [-0.25, -0.2) is 0 Å². The largest absolute Gasteiger partial charge is 0.368 e. The quantitative estimate of drug-likeness (QED) is 0.672. The molecule has 4 aliphatic rings. The van der Waals surface area contributed by atoms with Gasteiger partial charge in [-0.1, -0.05) is 30.3 Å². The smallest absolute Gasteiger partial charge is 0.244 e. The van der Waals surface area contributed by atoms with Crippen LogP contribution in [-0.2, 0) is 14.4 Å². The van der Waals surface area contributed by atoms with Gasteiger partial charge in [-0.05, 0) is 67.3 Å². The first kappa shape index (κ1) is 19.0. The highest BCUT2D eigenvalue weighted by Crippen LogP contribution is 2.61. The Kier molecular flexibility index (Phi) is 5.13. The second-order valence-electron chi connectivity index (χ2n) is 9.18. The van der Waals surface area contributed by atoms with E-state index in [0.717, 1.165) is 37.0 Å². The maximum atomic E-state index is 12.5. The maximum Gasteiger partial charge on any atom is 0.244 e. The van der Waals surface area contributed by atoms with Crippen LogP contribution < -0.4 is 16.4 Å². The van der Waals surface area contributed by atoms with Gasteiger partial charge in [0.15, 0.2) is 0 Å². The molecule has 4 bridgehead atoms. The van der Waals surface area contributed by atoms with Crippen LogP contribution in [0.2, 0.25) is 0 Å². The third-order valence-electron chi connectivity index (χ3n) is 6.87. The molecule has 4 N–H and O–H groups in total.